The number of carbonyl (C=O) groups is 2. The Kier molecular flexibility index (Phi) is 7.37. The van der Waals surface area contributed by atoms with Crippen molar-refractivity contribution in [1.82, 2.24) is 25.4 Å². The first kappa shape index (κ1) is 22.4. The van der Waals surface area contributed by atoms with Crippen LogP contribution in [0.15, 0.2) is 42.1 Å². The molecule has 0 aliphatic heterocycles. The lowest BCUT2D eigenvalue weighted by Crippen LogP contribution is -2.45. The van der Waals surface area contributed by atoms with Crippen molar-refractivity contribution in [2.45, 2.75) is 30.1 Å². The number of alkyl halides is 3. The van der Waals surface area contributed by atoms with Crippen LogP contribution >= 0.6 is 11.8 Å². The van der Waals surface area contributed by atoms with Crippen molar-refractivity contribution in [3.63, 3.8) is 0 Å². The van der Waals surface area contributed by atoms with Gasteiger partial charge in [0.25, 0.3) is 0 Å². The standard InChI is InChI=1S/C17H17F4N5O2S/c1-3-8-26-13(11-6-4-5-7-12(11)18)24-25-16(26)29-10(2)14(27)23-15(28)22-9-17(19,20)21/h3-7,10H,1,8-9H2,2H3,(H2,22,23,27,28). The van der Waals surface area contributed by atoms with Crippen molar-refractivity contribution in [3.05, 3.63) is 42.7 Å². The number of imide groups is 1. The van der Waals surface area contributed by atoms with Gasteiger partial charge in [0, 0.05) is 6.54 Å². The molecule has 1 atom stereocenters. The number of rotatable bonds is 7. The molecule has 0 bridgehead atoms. The normalized spacial score (nSPS) is 12.3. The van der Waals surface area contributed by atoms with Crippen molar-refractivity contribution in [3.8, 4) is 11.4 Å². The lowest BCUT2D eigenvalue weighted by atomic mass is 10.2. The van der Waals surface area contributed by atoms with Gasteiger partial charge in [0.05, 0.1) is 10.8 Å². The smallest absolute Gasteiger partial charge is 0.329 e. The number of carbonyl (C=O) groups excluding carboxylic acids is 2. The summed E-state index contributed by atoms with van der Waals surface area (Å²) >= 11 is 0.910. The zero-order chi connectivity index (χ0) is 21.6. The van der Waals surface area contributed by atoms with E-state index in [4.69, 9.17) is 0 Å². The van der Waals surface area contributed by atoms with Crippen LogP contribution in [0.1, 0.15) is 6.92 Å². The second kappa shape index (κ2) is 9.54. The highest BCUT2D eigenvalue weighted by molar-refractivity contribution is 8.00. The number of nitrogens with one attached hydrogen (secondary N) is 2. The molecule has 12 heteroatoms. The van der Waals surface area contributed by atoms with Crippen LogP contribution in [0, 0.1) is 5.82 Å². The van der Waals surface area contributed by atoms with Gasteiger partial charge in [-0.3, -0.25) is 14.7 Å². The number of hydrogen-bond acceptors (Lipinski definition) is 5. The highest BCUT2D eigenvalue weighted by atomic mass is 32.2. The molecule has 0 spiro atoms. The van der Waals surface area contributed by atoms with Crippen LogP contribution in [0.3, 0.4) is 0 Å². The lowest BCUT2D eigenvalue weighted by Gasteiger charge is -2.13. The number of halogens is 4. The van der Waals surface area contributed by atoms with Crippen LogP contribution in [-0.2, 0) is 11.3 Å². The van der Waals surface area contributed by atoms with E-state index in [9.17, 15) is 27.2 Å². The van der Waals surface area contributed by atoms with E-state index in [1.165, 1.54) is 35.8 Å². The summed E-state index contributed by atoms with van der Waals surface area (Å²) in [5, 5.41) is 10.6. The van der Waals surface area contributed by atoms with Gasteiger partial charge in [-0.25, -0.2) is 9.18 Å². The minimum absolute atomic E-state index is 0.206. The Labute approximate surface area is 167 Å². The maximum absolute atomic E-state index is 14.1. The summed E-state index contributed by atoms with van der Waals surface area (Å²) in [7, 11) is 0. The highest BCUT2D eigenvalue weighted by Gasteiger charge is 2.28. The van der Waals surface area contributed by atoms with Gasteiger partial charge in [-0.05, 0) is 19.1 Å². The van der Waals surface area contributed by atoms with Crippen molar-refractivity contribution >= 4 is 23.7 Å². The molecule has 2 aromatic rings. The van der Waals surface area contributed by atoms with Crippen LogP contribution < -0.4 is 10.6 Å². The summed E-state index contributed by atoms with van der Waals surface area (Å²) in [6, 6.07) is 4.69. The van der Waals surface area contributed by atoms with Gasteiger partial charge in [0.1, 0.15) is 12.4 Å². The Balaban J connectivity index is 2.11. The van der Waals surface area contributed by atoms with Crippen molar-refractivity contribution < 1.29 is 27.2 Å². The van der Waals surface area contributed by atoms with E-state index in [0.717, 1.165) is 11.8 Å². The Morgan fingerprint density at radius 1 is 1.31 bits per heavy atom. The first-order chi connectivity index (χ1) is 13.6. The van der Waals surface area contributed by atoms with Crippen molar-refractivity contribution in [2.24, 2.45) is 0 Å². The molecule has 1 unspecified atom stereocenters. The van der Waals surface area contributed by atoms with Gasteiger partial charge in [0.15, 0.2) is 11.0 Å². The molecule has 0 saturated carbocycles. The van der Waals surface area contributed by atoms with Crippen LogP contribution in [0.2, 0.25) is 0 Å². The molecule has 1 aromatic heterocycles. The molecule has 3 amide bonds. The molecule has 1 heterocycles. The summed E-state index contributed by atoms with van der Waals surface area (Å²) in [5.41, 5.74) is 0.206. The van der Waals surface area contributed by atoms with Gasteiger partial charge >= 0.3 is 12.2 Å². The molecule has 7 nitrogen and oxygen atoms in total. The highest BCUT2D eigenvalue weighted by Crippen LogP contribution is 2.28. The number of benzene rings is 1. The number of thioether (sulfide) groups is 1. The fourth-order valence-electron chi connectivity index (χ4n) is 2.16. The maximum atomic E-state index is 14.1. The fraction of sp³-hybridized carbons (Fsp3) is 0.294. The minimum Gasteiger partial charge on any atom is -0.329 e. The number of hydrogen-bond donors (Lipinski definition) is 2. The molecular weight excluding hydrogens is 414 g/mol. The van der Waals surface area contributed by atoms with Gasteiger partial charge in [-0.2, -0.15) is 13.2 Å². The molecule has 29 heavy (non-hydrogen) atoms. The third-order valence-electron chi connectivity index (χ3n) is 3.48. The quantitative estimate of drug-likeness (QED) is 0.400. The zero-order valence-corrected chi connectivity index (χ0v) is 16.0. The Morgan fingerprint density at radius 3 is 2.62 bits per heavy atom. The van der Waals surface area contributed by atoms with E-state index in [2.05, 4.69) is 16.8 Å². The average Bonchev–Trinajstić information content (AvgIpc) is 3.02. The van der Waals surface area contributed by atoms with Crippen LogP contribution in [0.4, 0.5) is 22.4 Å². The second-order valence-electron chi connectivity index (χ2n) is 5.73. The fourth-order valence-corrected chi connectivity index (χ4v) is 3.02. The van der Waals surface area contributed by atoms with Crippen molar-refractivity contribution in [1.29, 1.82) is 0 Å². The number of amides is 3. The van der Waals surface area contributed by atoms with Gasteiger partial charge < -0.3 is 5.32 Å². The summed E-state index contributed by atoms with van der Waals surface area (Å²) in [5.74, 6) is -1.11. The van der Waals surface area contributed by atoms with Crippen LogP contribution in [0.25, 0.3) is 11.4 Å². The molecule has 0 fully saturated rings. The Hall–Kier alpha value is -2.89. The first-order valence-electron chi connectivity index (χ1n) is 8.23. The predicted octanol–water partition coefficient (Wildman–Crippen LogP) is 3.14. The van der Waals surface area contributed by atoms with E-state index >= 15 is 0 Å². The van der Waals surface area contributed by atoms with E-state index in [0.29, 0.717) is 0 Å². The van der Waals surface area contributed by atoms with Crippen molar-refractivity contribution in [2.75, 3.05) is 6.54 Å². The van der Waals surface area contributed by atoms with E-state index in [1.807, 2.05) is 5.32 Å². The van der Waals surface area contributed by atoms with Crippen LogP contribution in [-0.4, -0.2) is 44.7 Å². The van der Waals surface area contributed by atoms with Gasteiger partial charge in [-0.1, -0.05) is 30.0 Å². The molecule has 0 aliphatic carbocycles. The largest absolute Gasteiger partial charge is 0.405 e. The third-order valence-corrected chi connectivity index (χ3v) is 4.56. The Bertz CT molecular complexity index is 900. The molecule has 156 valence electrons. The van der Waals surface area contributed by atoms with Gasteiger partial charge in [-0.15, -0.1) is 16.8 Å². The number of urea groups is 1. The molecule has 1 aromatic carbocycles. The van der Waals surface area contributed by atoms with Crippen LogP contribution in [0.5, 0.6) is 0 Å². The number of aromatic nitrogens is 3. The van der Waals surface area contributed by atoms with Gasteiger partial charge in [0.2, 0.25) is 5.91 Å². The predicted molar refractivity (Wildman–Crippen MR) is 98.5 cm³/mol. The Morgan fingerprint density at radius 2 is 2.00 bits per heavy atom. The lowest BCUT2D eigenvalue weighted by molar-refractivity contribution is -0.124. The minimum atomic E-state index is -4.59. The summed E-state index contributed by atoms with van der Waals surface area (Å²) < 4.78 is 51.9. The summed E-state index contributed by atoms with van der Waals surface area (Å²) in [6.07, 6.45) is -3.06. The second-order valence-corrected chi connectivity index (χ2v) is 7.04. The SMILES string of the molecule is C=CCn1c(SC(C)C(=O)NC(=O)NCC(F)(F)F)nnc1-c1ccccc1F. The number of allylic oxidation sites excluding steroid dienone is 1. The molecule has 2 N–H and O–H groups in total. The summed E-state index contributed by atoms with van der Waals surface area (Å²) in [4.78, 5) is 23.5. The average molecular weight is 431 g/mol. The number of nitrogens with zero attached hydrogens (tertiary/aromatic N) is 3. The molecule has 0 saturated heterocycles. The molecule has 2 rings (SSSR count). The topological polar surface area (TPSA) is 88.9 Å². The summed E-state index contributed by atoms with van der Waals surface area (Å²) in [6.45, 7) is 3.72. The van der Waals surface area contributed by atoms with E-state index < -0.39 is 35.7 Å². The maximum Gasteiger partial charge on any atom is 0.405 e. The first-order valence-corrected chi connectivity index (χ1v) is 9.11. The van der Waals surface area contributed by atoms with E-state index in [-0.39, 0.29) is 23.1 Å². The molecule has 0 aliphatic rings. The monoisotopic (exact) mass is 431 g/mol. The van der Waals surface area contributed by atoms with E-state index in [1.54, 1.807) is 11.4 Å². The molecular formula is C17H17F4N5O2S. The molecule has 0 radical (unpaired) electrons. The third kappa shape index (κ3) is 6.31. The zero-order valence-electron chi connectivity index (χ0n) is 15.2.